The van der Waals surface area contributed by atoms with Crippen molar-refractivity contribution in [2.75, 3.05) is 11.4 Å². The van der Waals surface area contributed by atoms with E-state index in [1.165, 1.54) is 22.4 Å². The van der Waals surface area contributed by atoms with Crippen molar-refractivity contribution in [3.05, 3.63) is 20.0 Å². The average molecular weight is 343 g/mol. The third-order valence-electron chi connectivity index (χ3n) is 1.73. The van der Waals surface area contributed by atoms with E-state index in [1.54, 1.807) is 0 Å². The summed E-state index contributed by atoms with van der Waals surface area (Å²) in [5.74, 6) is -0.108. The third-order valence-corrected chi connectivity index (χ3v) is 3.95. The number of amides is 1. The molecule has 0 bridgehead atoms. The summed E-state index contributed by atoms with van der Waals surface area (Å²) in [6.07, 6.45) is 1.52. The number of nitrogens with zero attached hydrogens (tertiary/aromatic N) is 2. The monoisotopic (exact) mass is 342 g/mol. The summed E-state index contributed by atoms with van der Waals surface area (Å²) >= 11 is 8.68. The Morgan fingerprint density at radius 3 is 2.86 bits per heavy atom. The zero-order valence-electron chi connectivity index (χ0n) is 6.70. The van der Waals surface area contributed by atoms with E-state index in [-0.39, 0.29) is 18.2 Å². The van der Waals surface area contributed by atoms with Crippen molar-refractivity contribution >= 4 is 56.4 Å². The van der Waals surface area contributed by atoms with E-state index in [9.17, 15) is 9.90 Å². The van der Waals surface area contributed by atoms with Crippen molar-refractivity contribution in [2.24, 2.45) is 0 Å². The molecule has 1 aliphatic rings. The van der Waals surface area contributed by atoms with Gasteiger partial charge in [-0.25, -0.2) is 4.98 Å². The van der Waals surface area contributed by atoms with E-state index in [1.807, 2.05) is 22.6 Å². The first-order valence-electron chi connectivity index (χ1n) is 3.60. The summed E-state index contributed by atoms with van der Waals surface area (Å²) in [5.41, 5.74) is 0. The van der Waals surface area contributed by atoms with E-state index in [0.29, 0.717) is 13.0 Å². The smallest absolute Gasteiger partial charge is 0.269 e. The summed E-state index contributed by atoms with van der Waals surface area (Å²) in [5, 5.41) is 10.0. The molecular formula is C7H4ClIN2O2S. The molecule has 7 heteroatoms. The highest BCUT2D eigenvalue weighted by molar-refractivity contribution is 14.1. The van der Waals surface area contributed by atoms with Crippen molar-refractivity contribution in [3.8, 4) is 0 Å². The minimum absolute atomic E-state index is 0.0973. The SMILES string of the molecule is O=C1C(I)=C(O)CN1c1cnc(Cl)s1. The first-order chi connectivity index (χ1) is 6.59. The molecule has 0 fully saturated rings. The molecular weight excluding hydrogens is 339 g/mol. The van der Waals surface area contributed by atoms with Gasteiger partial charge in [-0.05, 0) is 22.6 Å². The molecule has 2 rings (SSSR count). The number of aromatic nitrogens is 1. The molecule has 0 saturated carbocycles. The maximum absolute atomic E-state index is 11.6. The largest absolute Gasteiger partial charge is 0.509 e. The second kappa shape index (κ2) is 3.67. The van der Waals surface area contributed by atoms with Crippen LogP contribution in [0.1, 0.15) is 0 Å². The number of carbonyl (C=O) groups is 1. The molecule has 0 saturated heterocycles. The number of hydrogen-bond donors (Lipinski definition) is 1. The van der Waals surface area contributed by atoms with Crippen LogP contribution in [0.25, 0.3) is 0 Å². The maximum Gasteiger partial charge on any atom is 0.269 e. The summed E-state index contributed by atoms with van der Waals surface area (Å²) in [6, 6.07) is 0. The summed E-state index contributed by atoms with van der Waals surface area (Å²) in [4.78, 5) is 16.8. The molecule has 1 aromatic heterocycles. The second-order valence-corrected chi connectivity index (χ2v) is 5.27. The van der Waals surface area contributed by atoms with Gasteiger partial charge in [0.05, 0.1) is 12.7 Å². The first-order valence-corrected chi connectivity index (χ1v) is 5.87. The number of rotatable bonds is 1. The molecule has 0 unspecified atom stereocenters. The minimum atomic E-state index is -0.205. The number of carbonyl (C=O) groups excluding carboxylic acids is 1. The van der Waals surface area contributed by atoms with Crippen LogP contribution in [0.15, 0.2) is 15.5 Å². The van der Waals surface area contributed by atoms with Gasteiger partial charge in [-0.2, -0.15) is 0 Å². The molecule has 0 aromatic carbocycles. The Morgan fingerprint density at radius 1 is 1.71 bits per heavy atom. The standard InChI is InChI=1S/C7H4ClIN2O2S/c8-7-10-1-4(14-7)11-2-3(12)5(9)6(11)13/h1,12H,2H2. The van der Waals surface area contributed by atoms with Crippen LogP contribution in [-0.4, -0.2) is 22.5 Å². The van der Waals surface area contributed by atoms with Gasteiger partial charge in [-0.3, -0.25) is 9.69 Å². The first kappa shape index (κ1) is 10.2. The van der Waals surface area contributed by atoms with Crippen LogP contribution in [0.5, 0.6) is 0 Å². The van der Waals surface area contributed by atoms with Gasteiger partial charge in [-0.15, -0.1) is 0 Å². The molecule has 0 aliphatic carbocycles. The van der Waals surface area contributed by atoms with Gasteiger partial charge in [0.25, 0.3) is 5.91 Å². The number of aliphatic hydroxyl groups is 1. The molecule has 1 amide bonds. The van der Waals surface area contributed by atoms with Crippen LogP contribution in [0.2, 0.25) is 4.47 Å². The Hall–Kier alpha value is -0.340. The van der Waals surface area contributed by atoms with Crippen molar-refractivity contribution in [2.45, 2.75) is 0 Å². The predicted octanol–water partition coefficient (Wildman–Crippen LogP) is 2.35. The highest BCUT2D eigenvalue weighted by Gasteiger charge is 2.30. The lowest BCUT2D eigenvalue weighted by Crippen LogP contribution is -2.25. The molecule has 2 heterocycles. The van der Waals surface area contributed by atoms with Gasteiger partial charge in [0.15, 0.2) is 4.47 Å². The Labute approximate surface area is 102 Å². The highest BCUT2D eigenvalue weighted by atomic mass is 127. The van der Waals surface area contributed by atoms with Crippen molar-refractivity contribution in [1.29, 1.82) is 0 Å². The zero-order chi connectivity index (χ0) is 10.3. The van der Waals surface area contributed by atoms with Gasteiger partial charge >= 0.3 is 0 Å². The van der Waals surface area contributed by atoms with Crippen LogP contribution in [-0.2, 0) is 4.79 Å². The van der Waals surface area contributed by atoms with Gasteiger partial charge in [0.1, 0.15) is 14.3 Å². The zero-order valence-corrected chi connectivity index (χ0v) is 10.4. The summed E-state index contributed by atoms with van der Waals surface area (Å²) in [6.45, 7) is 0.204. The molecule has 1 aromatic rings. The van der Waals surface area contributed by atoms with Gasteiger partial charge in [0, 0.05) is 0 Å². The minimum Gasteiger partial charge on any atom is -0.509 e. The molecule has 74 valence electrons. The van der Waals surface area contributed by atoms with E-state index >= 15 is 0 Å². The predicted molar refractivity (Wildman–Crippen MR) is 63.2 cm³/mol. The third kappa shape index (κ3) is 1.61. The Morgan fingerprint density at radius 2 is 2.43 bits per heavy atom. The second-order valence-electron chi connectivity index (χ2n) is 2.60. The van der Waals surface area contributed by atoms with Crippen LogP contribution < -0.4 is 4.90 Å². The number of aliphatic hydroxyl groups excluding tert-OH is 1. The molecule has 1 aliphatic heterocycles. The fraction of sp³-hybridized carbons (Fsp3) is 0.143. The van der Waals surface area contributed by atoms with Crippen LogP contribution >= 0.6 is 45.5 Å². The Bertz CT molecular complexity index is 431. The summed E-state index contributed by atoms with van der Waals surface area (Å²) in [7, 11) is 0. The number of hydrogen-bond acceptors (Lipinski definition) is 4. The average Bonchev–Trinajstić information content (AvgIpc) is 2.66. The lowest BCUT2D eigenvalue weighted by molar-refractivity contribution is -0.113. The highest BCUT2D eigenvalue weighted by Crippen LogP contribution is 2.33. The fourth-order valence-electron chi connectivity index (χ4n) is 1.08. The molecule has 1 N–H and O–H groups in total. The van der Waals surface area contributed by atoms with Gasteiger partial charge in [-0.1, -0.05) is 22.9 Å². The number of thiazole rings is 1. The van der Waals surface area contributed by atoms with Crippen LogP contribution in [0, 0.1) is 0 Å². The lowest BCUT2D eigenvalue weighted by atomic mass is 10.5. The number of anilines is 1. The normalized spacial score (nSPS) is 17.0. The molecule has 4 nitrogen and oxygen atoms in total. The molecule has 0 spiro atoms. The topological polar surface area (TPSA) is 53.4 Å². The molecule has 0 atom stereocenters. The Kier molecular flexibility index (Phi) is 2.67. The van der Waals surface area contributed by atoms with E-state index in [4.69, 9.17) is 11.6 Å². The van der Waals surface area contributed by atoms with E-state index in [2.05, 4.69) is 4.98 Å². The van der Waals surface area contributed by atoms with Crippen molar-refractivity contribution in [3.63, 3.8) is 0 Å². The molecule has 0 radical (unpaired) electrons. The van der Waals surface area contributed by atoms with Gasteiger partial charge < -0.3 is 5.11 Å². The van der Waals surface area contributed by atoms with Crippen LogP contribution in [0.4, 0.5) is 5.00 Å². The van der Waals surface area contributed by atoms with Crippen LogP contribution in [0.3, 0.4) is 0 Å². The lowest BCUT2D eigenvalue weighted by Gasteiger charge is -2.11. The Balaban J connectivity index is 2.29. The van der Waals surface area contributed by atoms with Crippen molar-refractivity contribution < 1.29 is 9.90 Å². The van der Waals surface area contributed by atoms with E-state index < -0.39 is 0 Å². The van der Waals surface area contributed by atoms with Crippen molar-refractivity contribution in [1.82, 2.24) is 4.98 Å². The van der Waals surface area contributed by atoms with Gasteiger partial charge in [0.2, 0.25) is 0 Å². The quantitative estimate of drug-likeness (QED) is 0.797. The summed E-state index contributed by atoms with van der Waals surface area (Å²) < 4.78 is 0.737. The number of halogens is 2. The maximum atomic E-state index is 11.6. The fourth-order valence-corrected chi connectivity index (χ4v) is 2.47. The molecule has 14 heavy (non-hydrogen) atoms. The van der Waals surface area contributed by atoms with E-state index in [0.717, 1.165) is 0 Å².